The quantitative estimate of drug-likeness (QED) is 0.431. The number of rotatable bonds is 4. The molecular weight excluding hydrogens is 442 g/mol. The van der Waals surface area contributed by atoms with E-state index in [1.807, 2.05) is 37.3 Å². The summed E-state index contributed by atoms with van der Waals surface area (Å²) in [4.78, 5) is 28.5. The fraction of sp³-hybridized carbons (Fsp3) is 0.231. The maximum atomic E-state index is 13.4. The number of anilines is 1. The molecule has 2 heterocycles. The summed E-state index contributed by atoms with van der Waals surface area (Å²) >= 11 is 7.62. The van der Waals surface area contributed by atoms with Crippen molar-refractivity contribution < 1.29 is 14.7 Å². The number of benzene rings is 2. The number of aliphatic hydroxyl groups excluding tert-OH is 1. The van der Waals surface area contributed by atoms with Gasteiger partial charge in [0, 0.05) is 10.7 Å². The highest BCUT2D eigenvalue weighted by molar-refractivity contribution is 7.12. The summed E-state index contributed by atoms with van der Waals surface area (Å²) in [6.45, 7) is 8.25. The van der Waals surface area contributed by atoms with Crippen molar-refractivity contribution >= 4 is 40.3 Å². The van der Waals surface area contributed by atoms with Crippen LogP contribution in [0.3, 0.4) is 0 Å². The molecule has 1 aromatic heterocycles. The lowest BCUT2D eigenvalue weighted by Gasteiger charge is -2.28. The predicted molar refractivity (Wildman–Crippen MR) is 130 cm³/mol. The number of carbonyl (C=O) groups excluding carboxylic acids is 2. The molecule has 0 spiro atoms. The maximum Gasteiger partial charge on any atom is 0.294 e. The number of hydrogen-bond acceptors (Lipinski definition) is 4. The Hall–Kier alpha value is -2.89. The van der Waals surface area contributed by atoms with Crippen molar-refractivity contribution in [3.8, 4) is 0 Å². The van der Waals surface area contributed by atoms with Crippen molar-refractivity contribution in [1.29, 1.82) is 0 Å². The van der Waals surface area contributed by atoms with Crippen LogP contribution in [0.15, 0.2) is 71.3 Å². The first-order valence-corrected chi connectivity index (χ1v) is 11.6. The van der Waals surface area contributed by atoms with Gasteiger partial charge in [0.05, 0.1) is 16.5 Å². The Labute approximate surface area is 196 Å². The third-order valence-corrected chi connectivity index (χ3v) is 7.00. The van der Waals surface area contributed by atoms with Gasteiger partial charge in [-0.25, -0.2) is 0 Å². The van der Waals surface area contributed by atoms with Crippen molar-refractivity contribution in [2.45, 2.75) is 39.2 Å². The molecule has 6 heteroatoms. The van der Waals surface area contributed by atoms with Gasteiger partial charge in [-0.15, -0.1) is 11.3 Å². The van der Waals surface area contributed by atoms with E-state index in [4.69, 9.17) is 11.6 Å². The van der Waals surface area contributed by atoms with Gasteiger partial charge in [0.15, 0.2) is 5.76 Å². The Kier molecular flexibility index (Phi) is 5.74. The highest BCUT2D eigenvalue weighted by Gasteiger charge is 2.45. The van der Waals surface area contributed by atoms with Crippen molar-refractivity contribution in [2.75, 3.05) is 4.90 Å². The summed E-state index contributed by atoms with van der Waals surface area (Å²) in [6.07, 6.45) is 0. The highest BCUT2D eigenvalue weighted by Crippen LogP contribution is 2.43. The highest BCUT2D eigenvalue weighted by atomic mass is 35.5. The van der Waals surface area contributed by atoms with Crippen LogP contribution < -0.4 is 4.90 Å². The molecule has 0 saturated heterocycles. The maximum absolute atomic E-state index is 13.4. The van der Waals surface area contributed by atoms with E-state index in [0.29, 0.717) is 15.6 Å². The van der Waals surface area contributed by atoms with Crippen molar-refractivity contribution in [2.24, 2.45) is 0 Å². The van der Waals surface area contributed by atoms with E-state index in [9.17, 15) is 14.7 Å². The van der Waals surface area contributed by atoms with Crippen LogP contribution in [-0.2, 0) is 10.2 Å². The lowest BCUT2D eigenvalue weighted by Crippen LogP contribution is -2.31. The van der Waals surface area contributed by atoms with Crippen LogP contribution in [0.5, 0.6) is 0 Å². The zero-order valence-electron chi connectivity index (χ0n) is 18.3. The molecule has 2 aromatic carbocycles. The monoisotopic (exact) mass is 465 g/mol. The van der Waals surface area contributed by atoms with Gasteiger partial charge >= 0.3 is 0 Å². The topological polar surface area (TPSA) is 57.6 Å². The normalized spacial score (nSPS) is 16.7. The summed E-state index contributed by atoms with van der Waals surface area (Å²) in [6, 6.07) is 15.8. The van der Waals surface area contributed by atoms with E-state index in [2.05, 4.69) is 20.8 Å². The number of aliphatic hydroxyl groups is 1. The van der Waals surface area contributed by atoms with E-state index < -0.39 is 17.7 Å². The second-order valence-electron chi connectivity index (χ2n) is 8.95. The average Bonchev–Trinajstić information content (AvgIpc) is 3.37. The van der Waals surface area contributed by atoms with Crippen molar-refractivity contribution in [3.63, 3.8) is 0 Å². The number of thiophene rings is 1. The lowest BCUT2D eigenvalue weighted by atomic mass is 9.85. The summed E-state index contributed by atoms with van der Waals surface area (Å²) < 4.78 is 0. The molecule has 4 rings (SSSR count). The summed E-state index contributed by atoms with van der Waals surface area (Å²) in [5, 5.41) is 13.1. The first-order valence-electron chi connectivity index (χ1n) is 10.3. The van der Waals surface area contributed by atoms with Crippen molar-refractivity contribution in [1.82, 2.24) is 0 Å². The Bertz CT molecular complexity index is 1220. The molecule has 32 heavy (non-hydrogen) atoms. The van der Waals surface area contributed by atoms with E-state index in [1.165, 1.54) is 16.2 Å². The Morgan fingerprint density at radius 2 is 1.78 bits per heavy atom. The minimum absolute atomic E-state index is 0.0399. The molecular formula is C26H24ClNO3S. The smallest absolute Gasteiger partial charge is 0.294 e. The predicted octanol–water partition coefficient (Wildman–Crippen LogP) is 6.79. The molecule has 1 atom stereocenters. The van der Waals surface area contributed by atoms with Crippen LogP contribution in [0.25, 0.3) is 0 Å². The number of aryl methyl sites for hydroxylation is 1. The number of Topliss-reactive ketones (excluding diaryl/α,β-unsaturated/α-hetero) is 1. The van der Waals surface area contributed by atoms with Gasteiger partial charge in [0.1, 0.15) is 0 Å². The van der Waals surface area contributed by atoms with E-state index in [0.717, 1.165) is 16.7 Å². The summed E-state index contributed by atoms with van der Waals surface area (Å²) in [5.41, 5.74) is 3.32. The van der Waals surface area contributed by atoms with Gasteiger partial charge in [-0.1, -0.05) is 68.8 Å². The molecule has 1 aliphatic rings. The fourth-order valence-electron chi connectivity index (χ4n) is 3.86. The zero-order chi connectivity index (χ0) is 23.2. The summed E-state index contributed by atoms with van der Waals surface area (Å²) in [5.74, 6) is -1.49. The number of nitrogens with zero attached hydrogens (tertiary/aromatic N) is 1. The number of carbonyl (C=O) groups is 2. The molecule has 1 N–H and O–H groups in total. The van der Waals surface area contributed by atoms with Gasteiger partial charge in [-0.2, -0.15) is 0 Å². The van der Waals surface area contributed by atoms with Crippen LogP contribution in [0, 0.1) is 6.92 Å². The van der Waals surface area contributed by atoms with Gasteiger partial charge < -0.3 is 5.11 Å². The molecule has 0 aliphatic carbocycles. The van der Waals surface area contributed by atoms with Gasteiger partial charge in [0.25, 0.3) is 5.91 Å². The van der Waals surface area contributed by atoms with Gasteiger partial charge in [-0.05, 0) is 52.6 Å². The molecule has 1 aliphatic heterocycles. The minimum Gasteiger partial charge on any atom is -0.503 e. The second-order valence-corrected chi connectivity index (χ2v) is 10.3. The van der Waals surface area contributed by atoms with E-state index in [1.54, 1.807) is 29.6 Å². The zero-order valence-corrected chi connectivity index (χ0v) is 19.9. The Balaban J connectivity index is 1.87. The Morgan fingerprint density at radius 3 is 2.34 bits per heavy atom. The first kappa shape index (κ1) is 22.3. The van der Waals surface area contributed by atoms with Gasteiger partial charge in [0.2, 0.25) is 5.78 Å². The number of halogens is 1. The van der Waals surface area contributed by atoms with E-state index in [-0.39, 0.29) is 16.8 Å². The largest absolute Gasteiger partial charge is 0.503 e. The van der Waals surface area contributed by atoms with Gasteiger partial charge in [-0.3, -0.25) is 14.5 Å². The first-order chi connectivity index (χ1) is 15.1. The molecule has 1 amide bonds. The molecule has 0 saturated carbocycles. The fourth-order valence-corrected chi connectivity index (χ4v) is 4.71. The van der Waals surface area contributed by atoms with Crippen LogP contribution >= 0.6 is 22.9 Å². The SMILES string of the molecule is Cc1ccc(N2C(=O)C(O)=C(C(=O)c3cccs3)C2c2ccc(C(C)(C)C)cc2)cc1Cl. The Morgan fingerprint density at radius 1 is 1.09 bits per heavy atom. The van der Waals surface area contributed by atoms with Crippen LogP contribution in [0.1, 0.15) is 53.2 Å². The van der Waals surface area contributed by atoms with Crippen LogP contribution in [0.4, 0.5) is 5.69 Å². The second kappa shape index (κ2) is 8.23. The molecule has 0 bridgehead atoms. The molecule has 0 radical (unpaired) electrons. The van der Waals surface area contributed by atoms with Crippen LogP contribution in [-0.4, -0.2) is 16.8 Å². The molecule has 3 aromatic rings. The standard InChI is InChI=1S/C26H24ClNO3S/c1-15-7-12-18(14-19(15)27)28-22(16-8-10-17(11-9-16)26(2,3)4)21(24(30)25(28)31)23(29)20-6-5-13-32-20/h5-14,22,30H,1-4H3. The third-order valence-electron chi connectivity index (χ3n) is 5.72. The number of amides is 1. The molecule has 164 valence electrons. The molecule has 0 fully saturated rings. The van der Waals surface area contributed by atoms with E-state index >= 15 is 0 Å². The molecule has 4 nitrogen and oxygen atoms in total. The van der Waals surface area contributed by atoms with Crippen LogP contribution in [0.2, 0.25) is 5.02 Å². The average molecular weight is 466 g/mol. The summed E-state index contributed by atoms with van der Waals surface area (Å²) in [7, 11) is 0. The lowest BCUT2D eigenvalue weighted by molar-refractivity contribution is -0.117. The number of hydrogen-bond donors (Lipinski definition) is 1. The number of ketones is 1. The third kappa shape index (κ3) is 3.87. The van der Waals surface area contributed by atoms with Crippen molar-refractivity contribution in [3.05, 3.63) is 97.9 Å². The molecule has 1 unspecified atom stereocenters. The minimum atomic E-state index is -0.759.